The maximum atomic E-state index is 10.8. The summed E-state index contributed by atoms with van der Waals surface area (Å²) < 4.78 is 0. The van der Waals surface area contributed by atoms with Crippen LogP contribution in [0.15, 0.2) is 0 Å². The van der Waals surface area contributed by atoms with Gasteiger partial charge in [0.2, 0.25) is 5.91 Å². The molecule has 0 aliphatic heterocycles. The molecule has 2 N–H and O–H groups in total. The molecule has 0 aliphatic rings. The minimum atomic E-state index is -0.966. The van der Waals surface area contributed by atoms with Crippen LogP contribution in [-0.4, -0.2) is 34.5 Å². The summed E-state index contributed by atoms with van der Waals surface area (Å²) in [5.41, 5.74) is 0. The number of hydrogen-bond acceptors (Lipinski definition) is 3. The van der Waals surface area contributed by atoms with E-state index in [1.807, 2.05) is 0 Å². The van der Waals surface area contributed by atoms with Crippen LogP contribution in [0.3, 0.4) is 0 Å². The van der Waals surface area contributed by atoms with Gasteiger partial charge in [-0.1, -0.05) is 26.7 Å². The fourth-order valence-corrected chi connectivity index (χ4v) is 2.70. The van der Waals surface area contributed by atoms with Crippen molar-refractivity contribution in [2.75, 3.05) is 11.5 Å². The normalized spacial score (nSPS) is 12.5. The van der Waals surface area contributed by atoms with Gasteiger partial charge >= 0.3 is 5.97 Å². The van der Waals surface area contributed by atoms with E-state index in [1.54, 1.807) is 11.8 Å². The van der Waals surface area contributed by atoms with Gasteiger partial charge in [-0.3, -0.25) is 4.79 Å². The summed E-state index contributed by atoms with van der Waals surface area (Å²) in [5, 5.41) is 11.3. The van der Waals surface area contributed by atoms with Gasteiger partial charge in [0.1, 0.15) is 6.04 Å². The monoisotopic (exact) mass is 247 g/mol. The van der Waals surface area contributed by atoms with E-state index in [0.717, 1.165) is 18.6 Å². The number of nitrogens with one attached hydrogen (secondary N) is 1. The molecule has 1 amide bonds. The highest BCUT2D eigenvalue weighted by atomic mass is 32.2. The molecular weight excluding hydrogens is 226 g/mol. The highest BCUT2D eigenvalue weighted by molar-refractivity contribution is 7.99. The number of carboxylic acids is 1. The summed E-state index contributed by atoms with van der Waals surface area (Å²) in [5.74, 6) is 0.765. The van der Waals surface area contributed by atoms with Crippen LogP contribution in [0, 0.1) is 5.92 Å². The lowest BCUT2D eigenvalue weighted by Gasteiger charge is -2.15. The highest BCUT2D eigenvalue weighted by Crippen LogP contribution is 2.16. The van der Waals surface area contributed by atoms with Gasteiger partial charge < -0.3 is 10.4 Å². The van der Waals surface area contributed by atoms with Crippen LogP contribution >= 0.6 is 11.8 Å². The standard InChI is InChI=1S/C11H21NO3S/c1-4-9(5-2)6-16-7-10(11(14)15)12-8(3)13/h9-10H,4-7H2,1-3H3,(H,12,13)(H,14,15)/t10-/m0/s1. The minimum absolute atomic E-state index is 0.296. The summed E-state index contributed by atoms with van der Waals surface area (Å²) in [7, 11) is 0. The van der Waals surface area contributed by atoms with Crippen molar-refractivity contribution in [1.29, 1.82) is 0 Å². The number of thioether (sulfide) groups is 1. The predicted octanol–water partition coefficient (Wildman–Crippen LogP) is 1.75. The van der Waals surface area contributed by atoms with E-state index in [4.69, 9.17) is 5.11 Å². The zero-order valence-corrected chi connectivity index (χ0v) is 11.0. The molecule has 5 heteroatoms. The summed E-state index contributed by atoms with van der Waals surface area (Å²) in [6.45, 7) is 5.61. The molecular formula is C11H21NO3S. The first-order valence-electron chi connectivity index (χ1n) is 5.58. The molecule has 16 heavy (non-hydrogen) atoms. The molecule has 94 valence electrons. The van der Waals surface area contributed by atoms with Gasteiger partial charge in [-0.05, 0) is 11.7 Å². The highest BCUT2D eigenvalue weighted by Gasteiger charge is 2.18. The van der Waals surface area contributed by atoms with Crippen molar-refractivity contribution in [3.8, 4) is 0 Å². The van der Waals surface area contributed by atoms with Crippen LogP contribution in [0.5, 0.6) is 0 Å². The molecule has 1 atom stereocenters. The molecule has 0 aromatic carbocycles. The van der Waals surface area contributed by atoms with Gasteiger partial charge in [-0.2, -0.15) is 11.8 Å². The second-order valence-electron chi connectivity index (χ2n) is 3.81. The number of rotatable bonds is 8. The van der Waals surface area contributed by atoms with E-state index in [9.17, 15) is 9.59 Å². The third-order valence-corrected chi connectivity index (χ3v) is 3.74. The quantitative estimate of drug-likeness (QED) is 0.685. The Labute approximate surface area is 101 Å². The third kappa shape index (κ3) is 6.71. The van der Waals surface area contributed by atoms with Gasteiger partial charge in [0.05, 0.1) is 0 Å². The maximum Gasteiger partial charge on any atom is 0.327 e. The smallest absolute Gasteiger partial charge is 0.327 e. The van der Waals surface area contributed by atoms with Gasteiger partial charge in [0, 0.05) is 12.7 Å². The summed E-state index contributed by atoms with van der Waals surface area (Å²) >= 11 is 1.59. The van der Waals surface area contributed by atoms with Gasteiger partial charge in [-0.15, -0.1) is 0 Å². The Kier molecular flexibility index (Phi) is 8.07. The molecule has 4 nitrogen and oxygen atoms in total. The molecule has 0 heterocycles. The van der Waals surface area contributed by atoms with Crippen molar-refractivity contribution >= 4 is 23.6 Å². The van der Waals surface area contributed by atoms with E-state index in [2.05, 4.69) is 19.2 Å². The number of hydrogen-bond donors (Lipinski definition) is 2. The fourth-order valence-electron chi connectivity index (χ4n) is 1.30. The van der Waals surface area contributed by atoms with Crippen molar-refractivity contribution in [2.24, 2.45) is 5.92 Å². The van der Waals surface area contributed by atoms with Crippen LogP contribution in [0.25, 0.3) is 0 Å². The summed E-state index contributed by atoms with van der Waals surface area (Å²) in [6.07, 6.45) is 2.22. The molecule has 0 fully saturated rings. The van der Waals surface area contributed by atoms with E-state index >= 15 is 0 Å². The number of amides is 1. The molecule has 0 unspecified atom stereocenters. The van der Waals surface area contributed by atoms with E-state index < -0.39 is 12.0 Å². The van der Waals surface area contributed by atoms with Crippen LogP contribution in [0.1, 0.15) is 33.6 Å². The number of carboxylic acid groups (broad SMARTS) is 1. The van der Waals surface area contributed by atoms with Crippen molar-refractivity contribution in [3.63, 3.8) is 0 Å². The molecule has 0 rings (SSSR count). The van der Waals surface area contributed by atoms with Crippen molar-refractivity contribution in [1.82, 2.24) is 5.32 Å². The molecule has 0 aromatic rings. The molecule has 0 saturated carbocycles. The second kappa shape index (κ2) is 8.44. The number of carbonyl (C=O) groups excluding carboxylic acids is 1. The maximum absolute atomic E-state index is 10.8. The van der Waals surface area contributed by atoms with E-state index in [0.29, 0.717) is 11.7 Å². The first kappa shape index (κ1) is 15.3. The van der Waals surface area contributed by atoms with Crippen LogP contribution < -0.4 is 5.32 Å². The summed E-state index contributed by atoms with van der Waals surface area (Å²) in [4.78, 5) is 21.6. The molecule has 0 bridgehead atoms. The van der Waals surface area contributed by atoms with Crippen molar-refractivity contribution in [2.45, 2.75) is 39.7 Å². The number of carbonyl (C=O) groups is 2. The Morgan fingerprint density at radius 2 is 1.81 bits per heavy atom. The van der Waals surface area contributed by atoms with Crippen molar-refractivity contribution in [3.05, 3.63) is 0 Å². The molecule has 0 aromatic heterocycles. The van der Waals surface area contributed by atoms with E-state index in [-0.39, 0.29) is 5.91 Å². The SMILES string of the molecule is CCC(CC)CSC[C@H](NC(C)=O)C(=O)O. The topological polar surface area (TPSA) is 66.4 Å². The Bertz CT molecular complexity index is 229. The molecule has 0 saturated heterocycles. The number of aliphatic carboxylic acids is 1. The minimum Gasteiger partial charge on any atom is -0.480 e. The first-order chi connectivity index (χ1) is 7.51. The second-order valence-corrected chi connectivity index (χ2v) is 4.89. The Morgan fingerprint density at radius 3 is 2.19 bits per heavy atom. The molecule has 0 aliphatic carbocycles. The van der Waals surface area contributed by atoms with Crippen LogP contribution in [0.4, 0.5) is 0 Å². The lowest BCUT2D eigenvalue weighted by Crippen LogP contribution is -2.41. The predicted molar refractivity (Wildman–Crippen MR) is 66.6 cm³/mol. The zero-order valence-electron chi connectivity index (χ0n) is 10.2. The Morgan fingerprint density at radius 1 is 1.25 bits per heavy atom. The van der Waals surface area contributed by atoms with Gasteiger partial charge in [0.25, 0.3) is 0 Å². The molecule has 0 spiro atoms. The van der Waals surface area contributed by atoms with E-state index in [1.165, 1.54) is 6.92 Å². The van der Waals surface area contributed by atoms with Crippen LogP contribution in [-0.2, 0) is 9.59 Å². The largest absolute Gasteiger partial charge is 0.480 e. The van der Waals surface area contributed by atoms with Gasteiger partial charge in [-0.25, -0.2) is 4.79 Å². The average Bonchev–Trinajstić information content (AvgIpc) is 2.22. The first-order valence-corrected chi connectivity index (χ1v) is 6.74. The third-order valence-electron chi connectivity index (χ3n) is 2.47. The Balaban J connectivity index is 3.93. The average molecular weight is 247 g/mol. The van der Waals surface area contributed by atoms with Crippen molar-refractivity contribution < 1.29 is 14.7 Å². The lowest BCUT2D eigenvalue weighted by atomic mass is 10.1. The van der Waals surface area contributed by atoms with Gasteiger partial charge in [0.15, 0.2) is 0 Å². The lowest BCUT2D eigenvalue weighted by molar-refractivity contribution is -0.140. The zero-order chi connectivity index (χ0) is 12.6. The Hall–Kier alpha value is -0.710. The summed E-state index contributed by atoms with van der Waals surface area (Å²) in [6, 6.07) is -0.767. The molecule has 0 radical (unpaired) electrons. The van der Waals surface area contributed by atoms with Crippen LogP contribution in [0.2, 0.25) is 0 Å². The fraction of sp³-hybridized carbons (Fsp3) is 0.818.